The van der Waals surface area contributed by atoms with Crippen LogP contribution in [0.15, 0.2) is 52.2 Å². The number of aryl methyl sites for hydroxylation is 2. The lowest BCUT2D eigenvalue weighted by Gasteiger charge is -2.12. The molecule has 4 rings (SSSR count). The summed E-state index contributed by atoms with van der Waals surface area (Å²) in [4.78, 5) is 12.7. The van der Waals surface area contributed by atoms with Crippen LogP contribution in [0.2, 0.25) is 0 Å². The van der Waals surface area contributed by atoms with Crippen LogP contribution in [0.4, 0.5) is 5.82 Å². The van der Waals surface area contributed by atoms with Crippen molar-refractivity contribution in [2.45, 2.75) is 20.5 Å². The van der Waals surface area contributed by atoms with Crippen LogP contribution in [0.25, 0.3) is 5.82 Å². The summed E-state index contributed by atoms with van der Waals surface area (Å²) in [5.74, 6) is 0.596. The van der Waals surface area contributed by atoms with E-state index in [0.29, 0.717) is 29.4 Å². The van der Waals surface area contributed by atoms with Crippen molar-refractivity contribution < 1.29 is 18.9 Å². The number of nitrogens with two attached hydrogens (primary N) is 1. The summed E-state index contributed by atoms with van der Waals surface area (Å²) in [6.45, 7) is 4.07. The van der Waals surface area contributed by atoms with Crippen molar-refractivity contribution in [1.29, 1.82) is 0 Å². The second kappa shape index (κ2) is 9.81. The number of nitrogens with one attached hydrogen (secondary N) is 1. The summed E-state index contributed by atoms with van der Waals surface area (Å²) in [5.41, 5.74) is 11.5. The number of carbonyl (C=O) groups excluding carboxylic acids is 1. The van der Waals surface area contributed by atoms with Crippen molar-refractivity contribution in [2.75, 3.05) is 12.8 Å². The molecule has 0 saturated heterocycles. The minimum Gasteiger partial charge on any atom is -0.493 e. The molecule has 2 aromatic carbocycles. The Morgan fingerprint density at radius 3 is 2.76 bits per heavy atom. The van der Waals surface area contributed by atoms with Crippen LogP contribution in [-0.4, -0.2) is 44.5 Å². The van der Waals surface area contributed by atoms with Gasteiger partial charge in [-0.3, -0.25) is 4.79 Å². The molecule has 0 spiro atoms. The fraction of sp³-hybridized carbons (Fsp3) is 0.182. The van der Waals surface area contributed by atoms with E-state index < -0.39 is 5.91 Å². The van der Waals surface area contributed by atoms with E-state index in [1.54, 1.807) is 32.2 Å². The molecule has 0 aliphatic rings. The summed E-state index contributed by atoms with van der Waals surface area (Å²) in [7, 11) is 1.56. The molecule has 0 aliphatic heterocycles. The number of nitrogen functional groups attached to an aromatic ring is 1. The van der Waals surface area contributed by atoms with E-state index in [1.165, 1.54) is 6.21 Å². The number of rotatable bonds is 8. The van der Waals surface area contributed by atoms with Crippen LogP contribution in [0.3, 0.4) is 0 Å². The second-order valence-corrected chi connectivity index (χ2v) is 7.23. The molecule has 0 bridgehead atoms. The van der Waals surface area contributed by atoms with Crippen molar-refractivity contribution in [2.24, 2.45) is 5.10 Å². The number of hydrazone groups is 1. The van der Waals surface area contributed by atoms with Crippen LogP contribution < -0.4 is 20.6 Å². The van der Waals surface area contributed by atoms with Crippen LogP contribution in [0.1, 0.15) is 32.9 Å². The van der Waals surface area contributed by atoms with Gasteiger partial charge in [0.25, 0.3) is 5.91 Å². The van der Waals surface area contributed by atoms with E-state index in [2.05, 4.69) is 35.8 Å². The van der Waals surface area contributed by atoms with E-state index >= 15 is 0 Å². The Morgan fingerprint density at radius 1 is 1.21 bits per heavy atom. The Kier molecular flexibility index (Phi) is 6.48. The largest absolute Gasteiger partial charge is 0.493 e. The molecular weight excluding hydrogens is 440 g/mol. The van der Waals surface area contributed by atoms with Crippen molar-refractivity contribution in [3.63, 3.8) is 0 Å². The average Bonchev–Trinajstić information content (AvgIpc) is 3.43. The van der Waals surface area contributed by atoms with Gasteiger partial charge in [-0.15, -0.1) is 5.10 Å². The smallest absolute Gasteiger partial charge is 0.292 e. The average molecular weight is 462 g/mol. The fourth-order valence-corrected chi connectivity index (χ4v) is 3.13. The van der Waals surface area contributed by atoms with E-state index in [4.69, 9.17) is 15.2 Å². The Morgan fingerprint density at radius 2 is 2.03 bits per heavy atom. The van der Waals surface area contributed by atoms with E-state index in [1.807, 2.05) is 31.2 Å². The number of ether oxygens (including phenoxy) is 2. The first-order valence-electron chi connectivity index (χ1n) is 10.2. The molecule has 0 atom stereocenters. The molecule has 34 heavy (non-hydrogen) atoms. The zero-order valence-electron chi connectivity index (χ0n) is 18.7. The standard InChI is InChI=1S/C22H22N8O4/c1-13-6-4-5-7-16(13)12-33-17-9-8-15(10-18(17)32-3)11-24-26-22(31)19-14(2)25-29-30(19)21-20(23)27-34-28-21/h4-11H,12H2,1-3H3,(H2,23,27)(H,26,31)/b24-11+. The Balaban J connectivity index is 1.44. The number of hydrogen-bond donors (Lipinski definition) is 2. The third kappa shape index (κ3) is 4.70. The molecule has 0 fully saturated rings. The van der Waals surface area contributed by atoms with Gasteiger partial charge < -0.3 is 15.2 Å². The van der Waals surface area contributed by atoms with E-state index in [0.717, 1.165) is 15.8 Å². The molecule has 1 amide bonds. The first kappa shape index (κ1) is 22.5. The number of amides is 1. The maximum Gasteiger partial charge on any atom is 0.292 e. The SMILES string of the molecule is COc1cc(/C=N/NC(=O)c2c(C)nnn2-c2nonc2N)ccc1OCc1ccccc1C. The molecule has 174 valence electrons. The van der Waals surface area contributed by atoms with Gasteiger partial charge in [0.2, 0.25) is 11.6 Å². The molecule has 12 heteroatoms. The van der Waals surface area contributed by atoms with Crippen molar-refractivity contribution >= 4 is 17.9 Å². The summed E-state index contributed by atoms with van der Waals surface area (Å²) >= 11 is 0. The van der Waals surface area contributed by atoms with Gasteiger partial charge in [0.1, 0.15) is 6.61 Å². The van der Waals surface area contributed by atoms with Crippen molar-refractivity contribution in [1.82, 2.24) is 30.7 Å². The minimum atomic E-state index is -0.564. The van der Waals surface area contributed by atoms with Gasteiger partial charge >= 0.3 is 0 Å². The fourth-order valence-electron chi connectivity index (χ4n) is 3.13. The predicted octanol–water partition coefficient (Wildman–Crippen LogP) is 2.20. The Bertz CT molecular complexity index is 1340. The van der Waals surface area contributed by atoms with Gasteiger partial charge in [-0.2, -0.15) is 9.78 Å². The summed E-state index contributed by atoms with van der Waals surface area (Å²) < 4.78 is 17.1. The summed E-state index contributed by atoms with van der Waals surface area (Å²) in [5, 5.41) is 18.9. The number of nitrogens with zero attached hydrogens (tertiary/aromatic N) is 6. The minimum absolute atomic E-state index is 0.0284. The highest BCUT2D eigenvalue weighted by Gasteiger charge is 2.22. The lowest BCUT2D eigenvalue weighted by atomic mass is 10.1. The lowest BCUT2D eigenvalue weighted by molar-refractivity contribution is 0.0946. The van der Waals surface area contributed by atoms with Gasteiger partial charge in [0, 0.05) is 0 Å². The normalized spacial score (nSPS) is 11.0. The van der Waals surface area contributed by atoms with Crippen LogP contribution in [-0.2, 0) is 6.61 Å². The maximum absolute atomic E-state index is 12.7. The molecule has 12 nitrogen and oxygen atoms in total. The van der Waals surface area contributed by atoms with Gasteiger partial charge in [-0.25, -0.2) is 10.1 Å². The topological polar surface area (TPSA) is 156 Å². The van der Waals surface area contributed by atoms with Gasteiger partial charge in [0.15, 0.2) is 17.2 Å². The first-order valence-corrected chi connectivity index (χ1v) is 10.2. The van der Waals surface area contributed by atoms with Gasteiger partial charge in [-0.05, 0) is 59.1 Å². The molecular formula is C22H22N8O4. The number of carbonyl (C=O) groups is 1. The molecule has 0 aliphatic carbocycles. The first-order chi connectivity index (χ1) is 16.5. The molecule has 2 aromatic heterocycles. The number of hydrogen-bond acceptors (Lipinski definition) is 10. The molecule has 4 aromatic rings. The number of benzene rings is 2. The Labute approximate surface area is 194 Å². The summed E-state index contributed by atoms with van der Waals surface area (Å²) in [6.07, 6.45) is 1.47. The molecule has 3 N–H and O–H groups in total. The third-order valence-corrected chi connectivity index (χ3v) is 4.96. The quantitative estimate of drug-likeness (QED) is 0.296. The highest BCUT2D eigenvalue weighted by Crippen LogP contribution is 2.28. The summed E-state index contributed by atoms with van der Waals surface area (Å²) in [6, 6.07) is 13.3. The predicted molar refractivity (Wildman–Crippen MR) is 122 cm³/mol. The van der Waals surface area contributed by atoms with E-state index in [-0.39, 0.29) is 17.3 Å². The molecule has 0 radical (unpaired) electrons. The van der Waals surface area contributed by atoms with Crippen molar-refractivity contribution in [3.05, 3.63) is 70.5 Å². The second-order valence-electron chi connectivity index (χ2n) is 7.23. The third-order valence-electron chi connectivity index (χ3n) is 4.96. The monoisotopic (exact) mass is 462 g/mol. The van der Waals surface area contributed by atoms with E-state index in [9.17, 15) is 4.79 Å². The molecule has 0 unspecified atom stereocenters. The van der Waals surface area contributed by atoms with Gasteiger partial charge in [0.05, 0.1) is 19.0 Å². The highest BCUT2D eigenvalue weighted by atomic mass is 16.6. The number of methoxy groups -OCH3 is 1. The zero-order valence-corrected chi connectivity index (χ0v) is 18.7. The van der Waals surface area contributed by atoms with Crippen molar-refractivity contribution in [3.8, 4) is 17.3 Å². The van der Waals surface area contributed by atoms with Crippen LogP contribution in [0.5, 0.6) is 11.5 Å². The number of anilines is 1. The zero-order chi connectivity index (χ0) is 24.1. The molecule has 2 heterocycles. The van der Waals surface area contributed by atoms with Crippen LogP contribution in [0, 0.1) is 13.8 Å². The molecule has 0 saturated carbocycles. The number of aromatic nitrogens is 5. The Hall–Kier alpha value is -4.74. The highest BCUT2D eigenvalue weighted by molar-refractivity contribution is 5.94. The lowest BCUT2D eigenvalue weighted by Crippen LogP contribution is -2.22. The maximum atomic E-state index is 12.7. The van der Waals surface area contributed by atoms with Crippen LogP contribution >= 0.6 is 0 Å². The van der Waals surface area contributed by atoms with Gasteiger partial charge in [-0.1, -0.05) is 29.5 Å².